The number of thioether (sulfide) groups is 1. The standard InChI is InChI=1S/C8H13NS/c1-4-8-9-7(5-10-8)6(2)3/h4,6-7H,1,5H2,2-3H3. The molecule has 1 aliphatic rings. The lowest BCUT2D eigenvalue weighted by Crippen LogP contribution is -2.11. The average molecular weight is 155 g/mol. The Labute approximate surface area is 66.6 Å². The van der Waals surface area contributed by atoms with E-state index in [4.69, 9.17) is 0 Å². The van der Waals surface area contributed by atoms with Crippen LogP contribution in [0.2, 0.25) is 0 Å². The van der Waals surface area contributed by atoms with Crippen LogP contribution in [-0.2, 0) is 0 Å². The Bertz CT molecular complexity index is 161. The third-order valence-electron chi connectivity index (χ3n) is 1.64. The molecule has 0 aromatic heterocycles. The van der Waals surface area contributed by atoms with E-state index >= 15 is 0 Å². The maximum absolute atomic E-state index is 4.47. The van der Waals surface area contributed by atoms with Gasteiger partial charge in [-0.15, -0.1) is 11.8 Å². The normalized spacial score (nSPS) is 25.1. The molecule has 1 nitrogen and oxygen atoms in total. The van der Waals surface area contributed by atoms with Gasteiger partial charge in [0, 0.05) is 5.75 Å². The lowest BCUT2D eigenvalue weighted by Gasteiger charge is -2.07. The summed E-state index contributed by atoms with van der Waals surface area (Å²) in [6.45, 7) is 8.10. The van der Waals surface area contributed by atoms with Crippen LogP contribution in [0.1, 0.15) is 13.8 Å². The molecule has 0 fully saturated rings. The summed E-state index contributed by atoms with van der Waals surface area (Å²) in [7, 11) is 0. The molecule has 0 amide bonds. The molecule has 2 heteroatoms. The van der Waals surface area contributed by atoms with Crippen molar-refractivity contribution in [3.63, 3.8) is 0 Å². The fraction of sp³-hybridized carbons (Fsp3) is 0.625. The quantitative estimate of drug-likeness (QED) is 0.596. The van der Waals surface area contributed by atoms with Crippen molar-refractivity contribution >= 4 is 16.8 Å². The fourth-order valence-electron chi connectivity index (χ4n) is 0.862. The van der Waals surface area contributed by atoms with Crippen LogP contribution in [0.4, 0.5) is 0 Å². The lowest BCUT2D eigenvalue weighted by atomic mass is 10.1. The highest BCUT2D eigenvalue weighted by Crippen LogP contribution is 2.23. The van der Waals surface area contributed by atoms with Crippen molar-refractivity contribution in [1.29, 1.82) is 0 Å². The van der Waals surface area contributed by atoms with E-state index in [0.717, 1.165) is 10.8 Å². The summed E-state index contributed by atoms with van der Waals surface area (Å²) in [5.41, 5.74) is 0. The van der Waals surface area contributed by atoms with Crippen molar-refractivity contribution in [2.24, 2.45) is 10.9 Å². The van der Waals surface area contributed by atoms with Crippen LogP contribution in [0.3, 0.4) is 0 Å². The van der Waals surface area contributed by atoms with Crippen molar-refractivity contribution in [3.05, 3.63) is 12.7 Å². The first-order valence-electron chi connectivity index (χ1n) is 3.57. The first kappa shape index (κ1) is 7.86. The molecular formula is C8H13NS. The van der Waals surface area contributed by atoms with Crippen LogP contribution in [0.5, 0.6) is 0 Å². The van der Waals surface area contributed by atoms with Crippen molar-refractivity contribution in [2.75, 3.05) is 5.75 Å². The molecule has 1 atom stereocenters. The van der Waals surface area contributed by atoms with Gasteiger partial charge in [-0.1, -0.05) is 20.4 Å². The summed E-state index contributed by atoms with van der Waals surface area (Å²) in [5, 5.41) is 1.11. The molecule has 10 heavy (non-hydrogen) atoms. The van der Waals surface area contributed by atoms with Crippen molar-refractivity contribution < 1.29 is 0 Å². The number of aliphatic imine (C=N–C) groups is 1. The first-order valence-corrected chi connectivity index (χ1v) is 4.55. The van der Waals surface area contributed by atoms with Gasteiger partial charge in [0.05, 0.1) is 11.1 Å². The van der Waals surface area contributed by atoms with Crippen LogP contribution in [0.15, 0.2) is 17.6 Å². The van der Waals surface area contributed by atoms with Gasteiger partial charge in [-0.05, 0) is 12.0 Å². The summed E-state index contributed by atoms with van der Waals surface area (Å²) >= 11 is 1.81. The van der Waals surface area contributed by atoms with E-state index in [1.54, 1.807) is 0 Å². The molecule has 0 saturated heterocycles. The van der Waals surface area contributed by atoms with Crippen molar-refractivity contribution in [1.82, 2.24) is 0 Å². The summed E-state index contributed by atoms with van der Waals surface area (Å²) in [5.74, 6) is 1.81. The van der Waals surface area contributed by atoms with Gasteiger partial charge in [0.1, 0.15) is 0 Å². The smallest absolute Gasteiger partial charge is 0.0903 e. The van der Waals surface area contributed by atoms with Crippen molar-refractivity contribution in [2.45, 2.75) is 19.9 Å². The number of hydrogen-bond donors (Lipinski definition) is 0. The van der Waals surface area contributed by atoms with Crippen LogP contribution in [0, 0.1) is 5.92 Å². The van der Waals surface area contributed by atoms with E-state index in [1.165, 1.54) is 0 Å². The van der Waals surface area contributed by atoms with Gasteiger partial charge in [0.25, 0.3) is 0 Å². The summed E-state index contributed by atoms with van der Waals surface area (Å²) in [4.78, 5) is 4.47. The maximum atomic E-state index is 4.47. The summed E-state index contributed by atoms with van der Waals surface area (Å²) in [6, 6.07) is 0.526. The zero-order valence-corrected chi connectivity index (χ0v) is 7.32. The van der Waals surface area contributed by atoms with Gasteiger partial charge < -0.3 is 0 Å². The fourth-order valence-corrected chi connectivity index (χ4v) is 1.99. The van der Waals surface area contributed by atoms with E-state index in [0.29, 0.717) is 12.0 Å². The third kappa shape index (κ3) is 1.63. The van der Waals surface area contributed by atoms with Gasteiger partial charge >= 0.3 is 0 Å². The third-order valence-corrected chi connectivity index (χ3v) is 2.72. The SMILES string of the molecule is C=CC1=NC(C(C)C)CS1. The highest BCUT2D eigenvalue weighted by Gasteiger charge is 2.18. The Morgan fingerprint density at radius 3 is 2.80 bits per heavy atom. The van der Waals surface area contributed by atoms with Gasteiger partial charge in [0.2, 0.25) is 0 Å². The minimum Gasteiger partial charge on any atom is -0.274 e. The second-order valence-electron chi connectivity index (χ2n) is 2.79. The van der Waals surface area contributed by atoms with E-state index in [-0.39, 0.29) is 0 Å². The average Bonchev–Trinajstić information content (AvgIpc) is 2.34. The number of rotatable bonds is 2. The van der Waals surface area contributed by atoms with Gasteiger partial charge in [0.15, 0.2) is 0 Å². The molecule has 1 unspecified atom stereocenters. The predicted octanol–water partition coefficient (Wildman–Crippen LogP) is 2.34. The molecule has 0 aromatic carbocycles. The van der Waals surface area contributed by atoms with Crippen LogP contribution in [0.25, 0.3) is 0 Å². The Kier molecular flexibility index (Phi) is 2.55. The van der Waals surface area contributed by atoms with E-state index in [9.17, 15) is 0 Å². The minimum absolute atomic E-state index is 0.526. The molecule has 0 aliphatic carbocycles. The zero-order chi connectivity index (χ0) is 7.56. The van der Waals surface area contributed by atoms with Gasteiger partial charge in [-0.25, -0.2) is 0 Å². The highest BCUT2D eigenvalue weighted by molar-refractivity contribution is 8.14. The molecule has 1 aliphatic heterocycles. The summed E-state index contributed by atoms with van der Waals surface area (Å²) < 4.78 is 0. The molecule has 0 bridgehead atoms. The Morgan fingerprint density at radius 2 is 2.50 bits per heavy atom. The zero-order valence-electron chi connectivity index (χ0n) is 6.50. The molecule has 0 saturated carbocycles. The Morgan fingerprint density at radius 1 is 1.80 bits per heavy atom. The number of nitrogens with zero attached hydrogens (tertiary/aromatic N) is 1. The second-order valence-corrected chi connectivity index (χ2v) is 3.83. The molecular weight excluding hydrogens is 142 g/mol. The molecule has 56 valence electrons. The second kappa shape index (κ2) is 3.24. The van der Waals surface area contributed by atoms with Crippen LogP contribution >= 0.6 is 11.8 Å². The predicted molar refractivity (Wildman–Crippen MR) is 48.7 cm³/mol. The summed E-state index contributed by atoms with van der Waals surface area (Å²) in [6.07, 6.45) is 1.84. The van der Waals surface area contributed by atoms with Gasteiger partial charge in [-0.3, -0.25) is 4.99 Å². The maximum Gasteiger partial charge on any atom is 0.0903 e. The molecule has 1 heterocycles. The first-order chi connectivity index (χ1) is 4.74. The monoisotopic (exact) mass is 155 g/mol. The minimum atomic E-state index is 0.526. The molecule has 0 aromatic rings. The van der Waals surface area contributed by atoms with E-state index in [1.807, 2.05) is 17.8 Å². The van der Waals surface area contributed by atoms with E-state index in [2.05, 4.69) is 25.4 Å². The van der Waals surface area contributed by atoms with Crippen molar-refractivity contribution in [3.8, 4) is 0 Å². The Balaban J connectivity index is 2.54. The molecule has 0 N–H and O–H groups in total. The molecule has 0 spiro atoms. The molecule has 1 rings (SSSR count). The Hall–Kier alpha value is -0.240. The van der Waals surface area contributed by atoms with Crippen LogP contribution < -0.4 is 0 Å². The van der Waals surface area contributed by atoms with Crippen LogP contribution in [-0.4, -0.2) is 16.8 Å². The largest absolute Gasteiger partial charge is 0.274 e. The van der Waals surface area contributed by atoms with Gasteiger partial charge in [-0.2, -0.15) is 0 Å². The molecule has 0 radical (unpaired) electrons. The topological polar surface area (TPSA) is 12.4 Å². The highest BCUT2D eigenvalue weighted by atomic mass is 32.2. The number of hydrogen-bond acceptors (Lipinski definition) is 2. The van der Waals surface area contributed by atoms with E-state index < -0.39 is 0 Å². The lowest BCUT2D eigenvalue weighted by molar-refractivity contribution is 0.544.